The van der Waals surface area contributed by atoms with Crippen LogP contribution in [-0.4, -0.2) is 25.0 Å². The van der Waals surface area contributed by atoms with Crippen LogP contribution in [0.3, 0.4) is 0 Å². The van der Waals surface area contributed by atoms with Crippen molar-refractivity contribution < 1.29 is 4.79 Å². The zero-order valence-electron chi connectivity index (χ0n) is 9.93. The lowest BCUT2D eigenvalue weighted by atomic mass is 10.0. The molecule has 1 atom stereocenters. The van der Waals surface area contributed by atoms with E-state index in [1.54, 1.807) is 0 Å². The maximum atomic E-state index is 11.5. The fourth-order valence-electron chi connectivity index (χ4n) is 1.98. The molecule has 0 spiro atoms. The van der Waals surface area contributed by atoms with Crippen LogP contribution in [0.15, 0.2) is 0 Å². The van der Waals surface area contributed by atoms with Crippen molar-refractivity contribution in [2.45, 2.75) is 51.0 Å². The second kappa shape index (κ2) is 8.18. The molecule has 1 aliphatic heterocycles. The van der Waals surface area contributed by atoms with E-state index >= 15 is 0 Å². The first kappa shape index (κ1) is 13.1. The van der Waals surface area contributed by atoms with Crippen LogP contribution in [0.1, 0.15) is 44.9 Å². The summed E-state index contributed by atoms with van der Waals surface area (Å²) in [5.74, 6) is 2.72. The van der Waals surface area contributed by atoms with Gasteiger partial charge in [-0.3, -0.25) is 4.79 Å². The normalized spacial score (nSPS) is 20.1. The molecule has 0 aromatic heterocycles. The Morgan fingerprint density at radius 3 is 3.06 bits per heavy atom. The molecule has 2 N–H and O–H groups in total. The van der Waals surface area contributed by atoms with Crippen LogP contribution in [0.2, 0.25) is 0 Å². The van der Waals surface area contributed by atoms with E-state index in [-0.39, 0.29) is 5.91 Å². The summed E-state index contributed by atoms with van der Waals surface area (Å²) in [6.07, 6.45) is 12.1. The number of piperidine rings is 1. The van der Waals surface area contributed by atoms with Crippen molar-refractivity contribution >= 4 is 5.91 Å². The van der Waals surface area contributed by atoms with Gasteiger partial charge < -0.3 is 10.6 Å². The van der Waals surface area contributed by atoms with E-state index in [1.165, 1.54) is 19.3 Å². The van der Waals surface area contributed by atoms with Crippen LogP contribution in [0.4, 0.5) is 0 Å². The standard InChI is InChI=1S/C13H22N2O/c1-2-3-5-11-15-13(16)9-8-12-7-4-6-10-14-12/h1,12,14H,3-11H2,(H,15,16). The van der Waals surface area contributed by atoms with Crippen molar-refractivity contribution in [3.8, 4) is 12.3 Å². The zero-order valence-corrected chi connectivity index (χ0v) is 9.93. The van der Waals surface area contributed by atoms with E-state index in [0.717, 1.165) is 25.8 Å². The number of unbranched alkanes of at least 4 members (excludes halogenated alkanes) is 1. The van der Waals surface area contributed by atoms with Gasteiger partial charge in [-0.05, 0) is 32.2 Å². The van der Waals surface area contributed by atoms with Gasteiger partial charge in [-0.15, -0.1) is 12.3 Å². The summed E-state index contributed by atoms with van der Waals surface area (Å²) in [6, 6.07) is 0.546. The number of rotatable bonds is 6. The molecule has 1 saturated heterocycles. The topological polar surface area (TPSA) is 41.1 Å². The molecule has 0 aromatic carbocycles. The highest BCUT2D eigenvalue weighted by atomic mass is 16.1. The molecule has 0 aromatic rings. The smallest absolute Gasteiger partial charge is 0.220 e. The Hall–Kier alpha value is -1.01. The van der Waals surface area contributed by atoms with E-state index < -0.39 is 0 Å². The quantitative estimate of drug-likeness (QED) is 0.527. The Bertz CT molecular complexity index is 239. The van der Waals surface area contributed by atoms with Gasteiger partial charge in [0.2, 0.25) is 5.91 Å². The third-order valence-electron chi connectivity index (χ3n) is 2.95. The molecule has 0 aliphatic carbocycles. The van der Waals surface area contributed by atoms with Crippen LogP contribution >= 0.6 is 0 Å². The third kappa shape index (κ3) is 5.77. The number of hydrogen-bond donors (Lipinski definition) is 2. The Morgan fingerprint density at radius 1 is 1.50 bits per heavy atom. The first-order valence-electron chi connectivity index (χ1n) is 6.26. The van der Waals surface area contributed by atoms with Gasteiger partial charge >= 0.3 is 0 Å². The molecule has 0 radical (unpaired) electrons. The maximum absolute atomic E-state index is 11.5. The summed E-state index contributed by atoms with van der Waals surface area (Å²) < 4.78 is 0. The number of nitrogens with one attached hydrogen (secondary N) is 2. The summed E-state index contributed by atoms with van der Waals surface area (Å²) in [4.78, 5) is 11.5. The molecule has 1 amide bonds. The number of carbonyl (C=O) groups is 1. The van der Waals surface area contributed by atoms with Crippen molar-refractivity contribution in [3.63, 3.8) is 0 Å². The molecule has 3 heteroatoms. The number of carbonyl (C=O) groups excluding carboxylic acids is 1. The molecule has 1 unspecified atom stereocenters. The van der Waals surface area contributed by atoms with Gasteiger partial charge in [0, 0.05) is 25.4 Å². The molecule has 1 fully saturated rings. The van der Waals surface area contributed by atoms with Crippen LogP contribution in [0.5, 0.6) is 0 Å². The average molecular weight is 222 g/mol. The van der Waals surface area contributed by atoms with Gasteiger partial charge in [0.05, 0.1) is 0 Å². The predicted molar refractivity (Wildman–Crippen MR) is 66.0 cm³/mol. The predicted octanol–water partition coefficient (Wildman–Crippen LogP) is 1.44. The monoisotopic (exact) mass is 222 g/mol. The first-order valence-corrected chi connectivity index (χ1v) is 6.26. The summed E-state index contributed by atoms with van der Waals surface area (Å²) in [5, 5.41) is 6.34. The second-order valence-electron chi connectivity index (χ2n) is 4.34. The highest BCUT2D eigenvalue weighted by Gasteiger charge is 2.13. The summed E-state index contributed by atoms with van der Waals surface area (Å²) in [6.45, 7) is 1.82. The molecule has 1 aliphatic rings. The van der Waals surface area contributed by atoms with E-state index in [1.807, 2.05) is 0 Å². The van der Waals surface area contributed by atoms with Crippen LogP contribution in [0.25, 0.3) is 0 Å². The SMILES string of the molecule is C#CCCCNC(=O)CCC1CCCCN1. The molecule has 16 heavy (non-hydrogen) atoms. The van der Waals surface area contributed by atoms with E-state index in [9.17, 15) is 4.79 Å². The van der Waals surface area contributed by atoms with Gasteiger partial charge in [0.15, 0.2) is 0 Å². The van der Waals surface area contributed by atoms with Crippen LogP contribution in [-0.2, 0) is 4.79 Å². The van der Waals surface area contributed by atoms with Crippen molar-refractivity contribution in [2.75, 3.05) is 13.1 Å². The fraction of sp³-hybridized carbons (Fsp3) is 0.769. The Kier molecular flexibility index (Phi) is 6.67. The maximum Gasteiger partial charge on any atom is 0.220 e. The zero-order chi connectivity index (χ0) is 11.6. The Balaban J connectivity index is 1.99. The fourth-order valence-corrected chi connectivity index (χ4v) is 1.98. The molecular formula is C13H22N2O. The third-order valence-corrected chi connectivity index (χ3v) is 2.95. The number of hydrogen-bond acceptors (Lipinski definition) is 2. The van der Waals surface area contributed by atoms with E-state index in [4.69, 9.17) is 6.42 Å². The molecule has 1 heterocycles. The van der Waals surface area contributed by atoms with Crippen molar-refractivity contribution in [3.05, 3.63) is 0 Å². The minimum atomic E-state index is 0.157. The average Bonchev–Trinajstić information content (AvgIpc) is 2.33. The Morgan fingerprint density at radius 2 is 2.38 bits per heavy atom. The molecule has 90 valence electrons. The lowest BCUT2D eigenvalue weighted by molar-refractivity contribution is -0.121. The van der Waals surface area contributed by atoms with Crippen molar-refractivity contribution in [2.24, 2.45) is 0 Å². The number of amides is 1. The number of terminal acetylenes is 1. The van der Waals surface area contributed by atoms with Crippen molar-refractivity contribution in [1.29, 1.82) is 0 Å². The van der Waals surface area contributed by atoms with Gasteiger partial charge in [0.25, 0.3) is 0 Å². The summed E-state index contributed by atoms with van der Waals surface area (Å²) in [7, 11) is 0. The first-order chi connectivity index (χ1) is 7.83. The van der Waals surface area contributed by atoms with E-state index in [2.05, 4.69) is 16.6 Å². The highest BCUT2D eigenvalue weighted by Crippen LogP contribution is 2.11. The molecular weight excluding hydrogens is 200 g/mol. The van der Waals surface area contributed by atoms with Gasteiger partial charge in [-0.25, -0.2) is 0 Å². The van der Waals surface area contributed by atoms with Gasteiger partial charge in [0.1, 0.15) is 0 Å². The van der Waals surface area contributed by atoms with E-state index in [0.29, 0.717) is 19.0 Å². The Labute approximate surface area is 98.4 Å². The second-order valence-corrected chi connectivity index (χ2v) is 4.34. The summed E-state index contributed by atoms with van der Waals surface area (Å²) in [5.41, 5.74) is 0. The lowest BCUT2D eigenvalue weighted by Crippen LogP contribution is -2.35. The highest BCUT2D eigenvalue weighted by molar-refractivity contribution is 5.75. The van der Waals surface area contributed by atoms with Crippen LogP contribution in [0, 0.1) is 12.3 Å². The largest absolute Gasteiger partial charge is 0.356 e. The minimum Gasteiger partial charge on any atom is -0.356 e. The lowest BCUT2D eigenvalue weighted by Gasteiger charge is -2.23. The van der Waals surface area contributed by atoms with Crippen LogP contribution < -0.4 is 10.6 Å². The molecule has 1 rings (SSSR count). The molecule has 0 bridgehead atoms. The molecule has 3 nitrogen and oxygen atoms in total. The molecule has 0 saturated carbocycles. The van der Waals surface area contributed by atoms with Crippen molar-refractivity contribution in [1.82, 2.24) is 10.6 Å². The van der Waals surface area contributed by atoms with Gasteiger partial charge in [-0.2, -0.15) is 0 Å². The minimum absolute atomic E-state index is 0.157. The summed E-state index contributed by atoms with van der Waals surface area (Å²) >= 11 is 0. The van der Waals surface area contributed by atoms with Gasteiger partial charge in [-0.1, -0.05) is 6.42 Å².